The predicted molar refractivity (Wildman–Crippen MR) is 102 cm³/mol. The molecule has 1 N–H and O–H groups in total. The Hall–Kier alpha value is -2.26. The maximum atomic E-state index is 12.8. The summed E-state index contributed by atoms with van der Waals surface area (Å²) in [5.41, 5.74) is -0.340. The lowest BCUT2D eigenvalue weighted by Crippen LogP contribution is -2.47. The van der Waals surface area contributed by atoms with Gasteiger partial charge in [0.2, 0.25) is 15.9 Å². The Labute approximate surface area is 166 Å². The van der Waals surface area contributed by atoms with Gasteiger partial charge in [-0.2, -0.15) is 13.2 Å². The van der Waals surface area contributed by atoms with Crippen LogP contribution in [0.25, 0.3) is 0 Å². The molecule has 1 amide bonds. The molecule has 1 atom stereocenters. The molecule has 2 aromatic carbocycles. The highest BCUT2D eigenvalue weighted by Crippen LogP contribution is 2.29. The van der Waals surface area contributed by atoms with Gasteiger partial charge in [-0.15, -0.1) is 0 Å². The van der Waals surface area contributed by atoms with Gasteiger partial charge in [-0.1, -0.05) is 23.7 Å². The maximum Gasteiger partial charge on any atom is 0.416 e. The van der Waals surface area contributed by atoms with Crippen molar-refractivity contribution in [3.8, 4) is 0 Å². The lowest BCUT2D eigenvalue weighted by molar-refractivity contribution is -0.137. The van der Waals surface area contributed by atoms with Gasteiger partial charge in [0.25, 0.3) is 0 Å². The first-order valence-electron chi connectivity index (χ1n) is 8.08. The van der Waals surface area contributed by atoms with E-state index in [2.05, 4.69) is 5.32 Å². The molecule has 0 saturated heterocycles. The van der Waals surface area contributed by atoms with Crippen LogP contribution in [-0.4, -0.2) is 26.6 Å². The van der Waals surface area contributed by atoms with Gasteiger partial charge in [0.1, 0.15) is 6.04 Å². The second-order valence-corrected chi connectivity index (χ2v) is 8.42. The summed E-state index contributed by atoms with van der Waals surface area (Å²) in [6.07, 6.45) is -3.53. The molecule has 28 heavy (non-hydrogen) atoms. The Morgan fingerprint density at radius 3 is 2.32 bits per heavy atom. The van der Waals surface area contributed by atoms with Crippen LogP contribution in [0.5, 0.6) is 0 Å². The van der Waals surface area contributed by atoms with Gasteiger partial charge in [0, 0.05) is 11.6 Å². The molecule has 0 unspecified atom stereocenters. The van der Waals surface area contributed by atoms with Crippen LogP contribution < -0.4 is 9.62 Å². The van der Waals surface area contributed by atoms with Gasteiger partial charge in [0.05, 0.1) is 17.5 Å². The molecule has 0 saturated carbocycles. The molecule has 0 aliphatic heterocycles. The molecule has 0 bridgehead atoms. The molecule has 0 aliphatic carbocycles. The average molecular weight is 435 g/mol. The predicted octanol–water partition coefficient (Wildman–Crippen LogP) is 3.83. The van der Waals surface area contributed by atoms with Crippen LogP contribution in [0.1, 0.15) is 18.1 Å². The zero-order chi connectivity index (χ0) is 21.1. The molecule has 10 heteroatoms. The first-order valence-corrected chi connectivity index (χ1v) is 10.3. The van der Waals surface area contributed by atoms with Crippen LogP contribution in [0.4, 0.5) is 18.9 Å². The van der Waals surface area contributed by atoms with Crippen LogP contribution >= 0.6 is 11.6 Å². The first-order chi connectivity index (χ1) is 12.9. The van der Waals surface area contributed by atoms with Gasteiger partial charge in [-0.25, -0.2) is 8.42 Å². The highest BCUT2D eigenvalue weighted by atomic mass is 35.5. The molecule has 5 nitrogen and oxygen atoms in total. The molecule has 2 rings (SSSR count). The smallest absolute Gasteiger partial charge is 0.350 e. The van der Waals surface area contributed by atoms with Crippen molar-refractivity contribution in [3.05, 3.63) is 64.7 Å². The lowest BCUT2D eigenvalue weighted by atomic mass is 10.1. The Balaban J connectivity index is 2.17. The van der Waals surface area contributed by atoms with Gasteiger partial charge < -0.3 is 5.32 Å². The second-order valence-electron chi connectivity index (χ2n) is 6.13. The Bertz CT molecular complexity index is 947. The molecular formula is C18H18ClF3N2O3S. The third-order valence-corrected chi connectivity index (χ3v) is 5.38. The van der Waals surface area contributed by atoms with Crippen LogP contribution in [-0.2, 0) is 27.5 Å². The average Bonchev–Trinajstić information content (AvgIpc) is 2.60. The SMILES string of the molecule is C[C@@H](C(=O)NCc1cccc(C(F)(F)F)c1)N(c1ccc(Cl)cc1)S(C)(=O)=O. The van der Waals surface area contributed by atoms with E-state index in [4.69, 9.17) is 11.6 Å². The summed E-state index contributed by atoms with van der Waals surface area (Å²) in [5, 5.41) is 2.87. The Morgan fingerprint density at radius 1 is 1.18 bits per heavy atom. The van der Waals surface area contributed by atoms with Crippen molar-refractivity contribution in [1.29, 1.82) is 0 Å². The van der Waals surface area contributed by atoms with Crippen molar-refractivity contribution in [2.45, 2.75) is 25.7 Å². The van der Waals surface area contributed by atoms with Crippen molar-refractivity contribution in [2.75, 3.05) is 10.6 Å². The third kappa shape index (κ3) is 5.62. The van der Waals surface area contributed by atoms with E-state index in [1.165, 1.54) is 43.3 Å². The van der Waals surface area contributed by atoms with Gasteiger partial charge >= 0.3 is 6.18 Å². The zero-order valence-corrected chi connectivity index (χ0v) is 16.6. The summed E-state index contributed by atoms with van der Waals surface area (Å²) < 4.78 is 63.6. The molecule has 0 spiro atoms. The van der Waals surface area contributed by atoms with Crippen molar-refractivity contribution >= 4 is 33.2 Å². The summed E-state index contributed by atoms with van der Waals surface area (Å²) >= 11 is 5.81. The molecule has 0 aliphatic rings. The zero-order valence-electron chi connectivity index (χ0n) is 15.0. The number of benzene rings is 2. The fourth-order valence-electron chi connectivity index (χ4n) is 2.59. The highest BCUT2D eigenvalue weighted by Gasteiger charge is 2.31. The highest BCUT2D eigenvalue weighted by molar-refractivity contribution is 7.92. The largest absolute Gasteiger partial charge is 0.416 e. The Morgan fingerprint density at radius 2 is 1.79 bits per heavy atom. The molecular weight excluding hydrogens is 417 g/mol. The number of nitrogens with zero attached hydrogens (tertiary/aromatic N) is 1. The summed E-state index contributed by atoms with van der Waals surface area (Å²) in [5.74, 6) is -0.655. The van der Waals surface area contributed by atoms with Gasteiger partial charge in [-0.05, 0) is 48.9 Å². The van der Waals surface area contributed by atoms with E-state index < -0.39 is 33.7 Å². The number of halogens is 4. The molecule has 0 aromatic heterocycles. The van der Waals surface area contributed by atoms with Gasteiger partial charge in [0.15, 0.2) is 0 Å². The van der Waals surface area contributed by atoms with E-state index in [9.17, 15) is 26.4 Å². The van der Waals surface area contributed by atoms with Gasteiger partial charge in [-0.3, -0.25) is 9.10 Å². The molecule has 0 radical (unpaired) electrons. The number of sulfonamides is 1. The van der Waals surface area contributed by atoms with Crippen LogP contribution in [0.2, 0.25) is 5.02 Å². The minimum Gasteiger partial charge on any atom is -0.350 e. The summed E-state index contributed by atoms with van der Waals surface area (Å²) in [6.45, 7) is 1.21. The Kier molecular flexibility index (Phi) is 6.61. The lowest BCUT2D eigenvalue weighted by Gasteiger charge is -2.28. The van der Waals surface area contributed by atoms with E-state index in [0.29, 0.717) is 5.02 Å². The third-order valence-electron chi connectivity index (χ3n) is 3.89. The number of alkyl halides is 3. The van der Waals surface area contributed by atoms with Crippen molar-refractivity contribution < 1.29 is 26.4 Å². The number of carbonyl (C=O) groups is 1. The number of carbonyl (C=O) groups excluding carboxylic acids is 1. The number of rotatable bonds is 6. The topological polar surface area (TPSA) is 66.5 Å². The number of nitrogens with one attached hydrogen (secondary N) is 1. The number of hydrogen-bond acceptors (Lipinski definition) is 3. The molecule has 2 aromatic rings. The number of hydrogen-bond donors (Lipinski definition) is 1. The van der Waals surface area contributed by atoms with Crippen molar-refractivity contribution in [2.24, 2.45) is 0 Å². The van der Waals surface area contributed by atoms with E-state index in [1.807, 2.05) is 0 Å². The van der Waals surface area contributed by atoms with Crippen molar-refractivity contribution in [3.63, 3.8) is 0 Å². The standard InChI is InChI=1S/C18H18ClF3N2O3S/c1-12(24(28(2,26)27)16-8-6-15(19)7-9-16)17(25)23-11-13-4-3-5-14(10-13)18(20,21)22/h3-10,12H,11H2,1-2H3,(H,23,25)/t12-/m0/s1. The molecule has 0 fully saturated rings. The normalized spacial score (nSPS) is 13.1. The summed E-state index contributed by atoms with van der Waals surface area (Å²) in [6, 6.07) is 9.31. The second kappa shape index (κ2) is 8.40. The van der Waals surface area contributed by atoms with Crippen LogP contribution in [0.15, 0.2) is 48.5 Å². The van der Waals surface area contributed by atoms with Crippen LogP contribution in [0.3, 0.4) is 0 Å². The minimum absolute atomic E-state index is 0.175. The monoisotopic (exact) mass is 434 g/mol. The summed E-state index contributed by atoms with van der Waals surface area (Å²) in [7, 11) is -3.80. The van der Waals surface area contributed by atoms with E-state index in [0.717, 1.165) is 22.7 Å². The number of amides is 1. The fourth-order valence-corrected chi connectivity index (χ4v) is 3.89. The van der Waals surface area contributed by atoms with Crippen LogP contribution in [0, 0.1) is 0 Å². The number of anilines is 1. The maximum absolute atomic E-state index is 12.8. The molecule has 0 heterocycles. The van der Waals surface area contributed by atoms with E-state index in [-0.39, 0.29) is 17.8 Å². The van der Waals surface area contributed by atoms with E-state index >= 15 is 0 Å². The summed E-state index contributed by atoms with van der Waals surface area (Å²) in [4.78, 5) is 12.5. The molecule has 152 valence electrons. The fraction of sp³-hybridized carbons (Fsp3) is 0.278. The van der Waals surface area contributed by atoms with Crippen molar-refractivity contribution in [1.82, 2.24) is 5.32 Å². The first kappa shape index (κ1) is 22.0. The van der Waals surface area contributed by atoms with E-state index in [1.54, 1.807) is 0 Å². The quantitative estimate of drug-likeness (QED) is 0.751. The minimum atomic E-state index is -4.49.